The Bertz CT molecular complexity index is 208. The summed E-state index contributed by atoms with van der Waals surface area (Å²) in [6, 6.07) is 0. The van der Waals surface area contributed by atoms with Gasteiger partial charge in [-0.3, -0.25) is 9.59 Å². The molecule has 0 fully saturated rings. The molecular formula is C12H23NaO4. The molecule has 0 saturated carbocycles. The second kappa shape index (κ2) is 11.1. The van der Waals surface area contributed by atoms with Crippen LogP contribution in [0.15, 0.2) is 0 Å². The van der Waals surface area contributed by atoms with Crippen LogP contribution in [0.4, 0.5) is 0 Å². The number of esters is 2. The van der Waals surface area contributed by atoms with Gasteiger partial charge in [-0.1, -0.05) is 27.7 Å². The van der Waals surface area contributed by atoms with E-state index in [0.29, 0.717) is 25.0 Å². The smallest absolute Gasteiger partial charge is 1.00 e. The quantitative estimate of drug-likeness (QED) is 0.444. The van der Waals surface area contributed by atoms with Crippen LogP contribution in [0.5, 0.6) is 0 Å². The first kappa shape index (κ1) is 19.3. The van der Waals surface area contributed by atoms with Gasteiger partial charge in [-0.05, 0) is 11.8 Å². The third-order valence-electron chi connectivity index (χ3n) is 1.69. The van der Waals surface area contributed by atoms with E-state index in [2.05, 4.69) is 0 Å². The van der Waals surface area contributed by atoms with Gasteiger partial charge in [-0.15, -0.1) is 0 Å². The van der Waals surface area contributed by atoms with Gasteiger partial charge in [0.1, 0.15) is 0 Å². The molecule has 0 aliphatic heterocycles. The van der Waals surface area contributed by atoms with Crippen molar-refractivity contribution in [3.63, 3.8) is 0 Å². The van der Waals surface area contributed by atoms with E-state index in [9.17, 15) is 9.59 Å². The molecule has 0 aromatic rings. The van der Waals surface area contributed by atoms with E-state index in [1.807, 2.05) is 27.7 Å². The average molecular weight is 254 g/mol. The summed E-state index contributed by atoms with van der Waals surface area (Å²) in [4.78, 5) is 22.3. The molecule has 17 heavy (non-hydrogen) atoms. The van der Waals surface area contributed by atoms with Crippen LogP contribution in [-0.4, -0.2) is 25.2 Å². The minimum atomic E-state index is -0.338. The molecule has 0 aliphatic rings. The number of rotatable bonds is 7. The fraction of sp³-hybridized carbons (Fsp3) is 0.833. The second-order valence-electron chi connectivity index (χ2n) is 4.65. The van der Waals surface area contributed by atoms with E-state index in [0.717, 1.165) is 0 Å². The molecule has 0 heterocycles. The maximum absolute atomic E-state index is 11.2. The van der Waals surface area contributed by atoms with Gasteiger partial charge in [-0.2, -0.15) is 0 Å². The summed E-state index contributed by atoms with van der Waals surface area (Å²) >= 11 is 0. The largest absolute Gasteiger partial charge is 1.00 e. The third kappa shape index (κ3) is 13.9. The first-order chi connectivity index (χ1) is 7.41. The molecule has 0 spiro atoms. The minimum Gasteiger partial charge on any atom is -1.00 e. The number of carbonyl (C=O) groups is 2. The van der Waals surface area contributed by atoms with Crippen LogP contribution in [0.25, 0.3) is 0 Å². The van der Waals surface area contributed by atoms with Crippen molar-refractivity contribution in [2.45, 2.75) is 40.5 Å². The Balaban J connectivity index is -0.00000112. The van der Waals surface area contributed by atoms with E-state index in [4.69, 9.17) is 9.47 Å². The molecule has 0 aromatic heterocycles. The Morgan fingerprint density at radius 2 is 1.18 bits per heavy atom. The Morgan fingerprint density at radius 1 is 0.882 bits per heavy atom. The van der Waals surface area contributed by atoms with E-state index in [-0.39, 0.29) is 55.8 Å². The summed E-state index contributed by atoms with van der Waals surface area (Å²) in [6.07, 6.45) is 0.202. The van der Waals surface area contributed by atoms with Crippen LogP contribution in [0, 0.1) is 11.8 Å². The predicted octanol–water partition coefficient (Wildman–Crippen LogP) is -0.718. The first-order valence-corrected chi connectivity index (χ1v) is 5.73. The van der Waals surface area contributed by atoms with Gasteiger partial charge in [0.25, 0.3) is 0 Å². The summed E-state index contributed by atoms with van der Waals surface area (Å²) < 4.78 is 9.87. The second-order valence-corrected chi connectivity index (χ2v) is 4.65. The molecule has 0 saturated heterocycles. The standard InChI is InChI=1S/C12H22O4.Na.H/c1-9(2)7-15-11(13)5-6-12(14)16-8-10(3)4;;/h9-10H,5-8H2,1-4H3;;/q;+1;-1. The Labute approximate surface area is 127 Å². The van der Waals surface area contributed by atoms with Gasteiger partial charge >= 0.3 is 41.5 Å². The number of carbonyl (C=O) groups excluding carboxylic acids is 2. The van der Waals surface area contributed by atoms with Gasteiger partial charge in [0.15, 0.2) is 0 Å². The van der Waals surface area contributed by atoms with Crippen molar-refractivity contribution in [2.75, 3.05) is 13.2 Å². The van der Waals surface area contributed by atoms with E-state index >= 15 is 0 Å². The zero-order chi connectivity index (χ0) is 12.6. The van der Waals surface area contributed by atoms with Gasteiger partial charge in [-0.25, -0.2) is 0 Å². The van der Waals surface area contributed by atoms with Crippen LogP contribution in [0.1, 0.15) is 42.0 Å². The molecule has 0 aromatic carbocycles. The van der Waals surface area contributed by atoms with E-state index < -0.39 is 0 Å². The van der Waals surface area contributed by atoms with Crippen molar-refractivity contribution < 1.29 is 50.0 Å². The Morgan fingerprint density at radius 3 is 1.41 bits per heavy atom. The summed E-state index contributed by atoms with van der Waals surface area (Å²) in [6.45, 7) is 8.66. The monoisotopic (exact) mass is 254 g/mol. The number of hydrogen-bond donors (Lipinski definition) is 0. The van der Waals surface area contributed by atoms with Crippen molar-refractivity contribution in [1.29, 1.82) is 0 Å². The van der Waals surface area contributed by atoms with E-state index in [1.54, 1.807) is 0 Å². The summed E-state index contributed by atoms with van der Waals surface area (Å²) in [5.74, 6) is -0.0425. The maximum Gasteiger partial charge on any atom is 1.00 e. The molecule has 0 amide bonds. The van der Waals surface area contributed by atoms with Gasteiger partial charge in [0.2, 0.25) is 0 Å². The van der Waals surface area contributed by atoms with Crippen LogP contribution < -0.4 is 29.6 Å². The normalized spacial score (nSPS) is 10.0. The summed E-state index contributed by atoms with van der Waals surface area (Å²) in [7, 11) is 0. The van der Waals surface area contributed by atoms with Crippen molar-refractivity contribution in [3.05, 3.63) is 0 Å². The third-order valence-corrected chi connectivity index (χ3v) is 1.69. The van der Waals surface area contributed by atoms with Crippen LogP contribution in [0.2, 0.25) is 0 Å². The van der Waals surface area contributed by atoms with Crippen LogP contribution >= 0.6 is 0 Å². The van der Waals surface area contributed by atoms with Gasteiger partial charge in [0.05, 0.1) is 26.1 Å². The zero-order valence-corrected chi connectivity index (χ0v) is 13.6. The minimum absolute atomic E-state index is 0. The molecule has 0 bridgehead atoms. The van der Waals surface area contributed by atoms with Crippen molar-refractivity contribution in [2.24, 2.45) is 11.8 Å². The molecule has 96 valence electrons. The van der Waals surface area contributed by atoms with Gasteiger partial charge in [0, 0.05) is 0 Å². The molecule has 0 atom stereocenters. The molecule has 0 rings (SSSR count). The molecule has 0 aliphatic carbocycles. The molecule has 4 nitrogen and oxygen atoms in total. The molecule has 5 heteroatoms. The fourth-order valence-electron chi connectivity index (χ4n) is 0.868. The SMILES string of the molecule is CC(C)COC(=O)CCC(=O)OCC(C)C.[H-].[Na+]. The fourth-order valence-corrected chi connectivity index (χ4v) is 0.868. The van der Waals surface area contributed by atoms with Crippen molar-refractivity contribution in [1.82, 2.24) is 0 Å². The molecule has 0 N–H and O–H groups in total. The average Bonchev–Trinajstić information content (AvgIpc) is 2.20. The van der Waals surface area contributed by atoms with Crippen LogP contribution in [-0.2, 0) is 19.1 Å². The summed E-state index contributed by atoms with van der Waals surface area (Å²) in [5.41, 5.74) is 0. The van der Waals surface area contributed by atoms with Crippen molar-refractivity contribution in [3.8, 4) is 0 Å². The Hall–Kier alpha value is -0.0600. The van der Waals surface area contributed by atoms with Gasteiger partial charge < -0.3 is 10.9 Å². The zero-order valence-electron chi connectivity index (χ0n) is 12.6. The predicted molar refractivity (Wildman–Crippen MR) is 61.9 cm³/mol. The first-order valence-electron chi connectivity index (χ1n) is 5.73. The topological polar surface area (TPSA) is 52.6 Å². The number of hydrogen-bond acceptors (Lipinski definition) is 4. The van der Waals surface area contributed by atoms with Crippen LogP contribution in [0.3, 0.4) is 0 Å². The molecular weight excluding hydrogens is 231 g/mol. The Kier molecular flexibility index (Phi) is 12.5. The number of ether oxygens (including phenoxy) is 2. The van der Waals surface area contributed by atoms with E-state index in [1.165, 1.54) is 0 Å². The molecule has 0 unspecified atom stereocenters. The summed E-state index contributed by atoms with van der Waals surface area (Å²) in [5, 5.41) is 0. The maximum atomic E-state index is 11.2. The van der Waals surface area contributed by atoms with Crippen molar-refractivity contribution >= 4 is 11.9 Å². The molecule has 0 radical (unpaired) electrons.